The maximum absolute atomic E-state index is 12.5. The minimum absolute atomic E-state index is 0.0684. The summed E-state index contributed by atoms with van der Waals surface area (Å²) in [6.45, 7) is -2.85. The molecule has 1 N–H and O–H groups in total. The number of amides is 1. The largest absolute Gasteiger partial charge is 0.493 e. The minimum atomic E-state index is -2.97. The van der Waals surface area contributed by atoms with Gasteiger partial charge in [0.1, 0.15) is 6.54 Å². The van der Waals surface area contributed by atoms with Crippen LogP contribution in [-0.4, -0.2) is 35.7 Å². The van der Waals surface area contributed by atoms with E-state index in [1.807, 2.05) is 0 Å². The number of aromatic nitrogens is 2. The van der Waals surface area contributed by atoms with E-state index < -0.39 is 6.61 Å². The van der Waals surface area contributed by atoms with Crippen LogP contribution in [0.4, 0.5) is 8.78 Å². The maximum atomic E-state index is 12.5. The Morgan fingerprint density at radius 1 is 1.21 bits per heavy atom. The number of hydrogen-bond donors (Lipinski definition) is 1. The molecule has 0 fully saturated rings. The average molecular weight is 403 g/mol. The number of methoxy groups -OCH3 is 1. The first-order valence-corrected chi connectivity index (χ1v) is 8.81. The third-order valence-corrected chi connectivity index (χ3v) is 4.23. The zero-order valence-electron chi connectivity index (χ0n) is 15.6. The molecule has 0 bridgehead atoms. The molecule has 3 rings (SSSR count). The van der Waals surface area contributed by atoms with Crippen molar-refractivity contribution in [3.05, 3.63) is 64.6 Å². The predicted octanol–water partition coefficient (Wildman–Crippen LogP) is 2.37. The Bertz CT molecular complexity index is 1070. The van der Waals surface area contributed by atoms with Gasteiger partial charge in [0.2, 0.25) is 5.91 Å². The highest BCUT2D eigenvalue weighted by atomic mass is 19.3. The Morgan fingerprint density at radius 3 is 2.76 bits per heavy atom. The van der Waals surface area contributed by atoms with Crippen LogP contribution in [0.15, 0.2) is 53.5 Å². The molecule has 0 saturated carbocycles. The van der Waals surface area contributed by atoms with Gasteiger partial charge in [-0.15, -0.1) is 0 Å². The van der Waals surface area contributed by atoms with Gasteiger partial charge in [0.15, 0.2) is 11.5 Å². The van der Waals surface area contributed by atoms with Gasteiger partial charge in [-0.25, -0.2) is 4.98 Å². The number of fused-ring (bicyclic) bond motifs is 1. The Kier molecular flexibility index (Phi) is 6.38. The van der Waals surface area contributed by atoms with Crippen LogP contribution in [0.3, 0.4) is 0 Å². The highest BCUT2D eigenvalue weighted by Gasteiger charge is 2.12. The van der Waals surface area contributed by atoms with E-state index >= 15 is 0 Å². The summed E-state index contributed by atoms with van der Waals surface area (Å²) in [4.78, 5) is 28.4. The molecule has 0 saturated heterocycles. The smallest absolute Gasteiger partial charge is 0.387 e. The Hall–Kier alpha value is -3.49. The third-order valence-electron chi connectivity index (χ3n) is 4.23. The molecule has 0 aliphatic rings. The van der Waals surface area contributed by atoms with Crippen molar-refractivity contribution in [1.82, 2.24) is 14.9 Å². The Labute approximate surface area is 164 Å². The zero-order valence-corrected chi connectivity index (χ0v) is 15.6. The summed E-state index contributed by atoms with van der Waals surface area (Å²) in [6, 6.07) is 11.7. The number of nitrogens with zero attached hydrogens (tertiary/aromatic N) is 2. The quantitative estimate of drug-likeness (QED) is 0.625. The van der Waals surface area contributed by atoms with E-state index in [4.69, 9.17) is 4.74 Å². The number of para-hydroxylation sites is 2. The molecule has 0 radical (unpaired) electrons. The first-order valence-electron chi connectivity index (χ1n) is 8.81. The van der Waals surface area contributed by atoms with Gasteiger partial charge >= 0.3 is 6.61 Å². The summed E-state index contributed by atoms with van der Waals surface area (Å²) in [5.74, 6) is -0.218. The van der Waals surface area contributed by atoms with E-state index in [9.17, 15) is 18.4 Å². The Balaban J connectivity index is 1.62. The molecule has 7 nitrogen and oxygen atoms in total. The molecule has 0 aliphatic carbocycles. The van der Waals surface area contributed by atoms with Crippen LogP contribution in [0.1, 0.15) is 5.56 Å². The lowest BCUT2D eigenvalue weighted by atomic mass is 10.1. The number of nitrogens with one attached hydrogen (secondary N) is 1. The van der Waals surface area contributed by atoms with Gasteiger partial charge in [0, 0.05) is 6.54 Å². The summed E-state index contributed by atoms with van der Waals surface area (Å²) < 4.78 is 35.8. The number of rotatable bonds is 8. The fourth-order valence-corrected chi connectivity index (χ4v) is 2.89. The van der Waals surface area contributed by atoms with E-state index in [0.29, 0.717) is 23.0 Å². The van der Waals surface area contributed by atoms with Crippen molar-refractivity contribution in [3.63, 3.8) is 0 Å². The van der Waals surface area contributed by atoms with Crippen LogP contribution in [0.2, 0.25) is 0 Å². The highest BCUT2D eigenvalue weighted by Crippen LogP contribution is 2.29. The molecule has 2 aromatic carbocycles. The van der Waals surface area contributed by atoms with Gasteiger partial charge in [0.05, 0.1) is 24.3 Å². The van der Waals surface area contributed by atoms with Gasteiger partial charge in [-0.05, 0) is 36.2 Å². The van der Waals surface area contributed by atoms with Crippen molar-refractivity contribution < 1.29 is 23.0 Å². The summed E-state index contributed by atoms with van der Waals surface area (Å²) in [5.41, 5.74) is 1.50. The van der Waals surface area contributed by atoms with Crippen molar-refractivity contribution in [1.29, 1.82) is 0 Å². The first-order chi connectivity index (χ1) is 14.0. The van der Waals surface area contributed by atoms with Gasteiger partial charge in [-0.3, -0.25) is 14.2 Å². The van der Waals surface area contributed by atoms with E-state index in [-0.39, 0.29) is 36.1 Å². The second-order valence-corrected chi connectivity index (χ2v) is 6.13. The van der Waals surface area contributed by atoms with Crippen molar-refractivity contribution in [2.24, 2.45) is 0 Å². The van der Waals surface area contributed by atoms with Crippen molar-refractivity contribution in [2.75, 3.05) is 13.7 Å². The molecule has 152 valence electrons. The Morgan fingerprint density at radius 2 is 2.00 bits per heavy atom. The zero-order chi connectivity index (χ0) is 20.8. The maximum Gasteiger partial charge on any atom is 0.387 e. The fourth-order valence-electron chi connectivity index (χ4n) is 2.89. The fraction of sp³-hybridized carbons (Fsp3) is 0.250. The molecule has 3 aromatic rings. The monoisotopic (exact) mass is 403 g/mol. The van der Waals surface area contributed by atoms with Gasteiger partial charge < -0.3 is 14.8 Å². The second kappa shape index (κ2) is 9.13. The summed E-state index contributed by atoms with van der Waals surface area (Å²) in [7, 11) is 1.36. The molecular weight excluding hydrogens is 384 g/mol. The summed E-state index contributed by atoms with van der Waals surface area (Å²) >= 11 is 0. The molecule has 1 aromatic heterocycles. The number of halogens is 2. The van der Waals surface area contributed by atoms with Gasteiger partial charge in [-0.2, -0.15) is 8.78 Å². The lowest BCUT2D eigenvalue weighted by molar-refractivity contribution is -0.121. The van der Waals surface area contributed by atoms with Crippen LogP contribution in [-0.2, 0) is 17.8 Å². The second-order valence-electron chi connectivity index (χ2n) is 6.13. The molecule has 0 atom stereocenters. The van der Waals surface area contributed by atoms with Crippen LogP contribution in [0.25, 0.3) is 11.0 Å². The van der Waals surface area contributed by atoms with Gasteiger partial charge in [-0.1, -0.05) is 18.2 Å². The predicted molar refractivity (Wildman–Crippen MR) is 102 cm³/mol. The SMILES string of the molecule is COc1ccc(CCNC(=O)Cn2c(=O)cnc3ccccc32)cc1OC(F)F. The van der Waals surface area contributed by atoms with Crippen molar-refractivity contribution >= 4 is 16.9 Å². The van der Waals surface area contributed by atoms with E-state index in [0.717, 1.165) is 0 Å². The number of carbonyl (C=O) groups is 1. The molecular formula is C20H19F2N3O4. The molecule has 1 heterocycles. The lowest BCUT2D eigenvalue weighted by Crippen LogP contribution is -2.33. The number of hydrogen-bond acceptors (Lipinski definition) is 5. The van der Waals surface area contributed by atoms with E-state index in [2.05, 4.69) is 15.0 Å². The molecule has 1 amide bonds. The van der Waals surface area contributed by atoms with Crippen LogP contribution in [0.5, 0.6) is 11.5 Å². The number of alkyl halides is 2. The summed E-state index contributed by atoms with van der Waals surface area (Å²) in [6.07, 6.45) is 1.57. The summed E-state index contributed by atoms with van der Waals surface area (Å²) in [5, 5.41) is 2.72. The number of benzene rings is 2. The van der Waals surface area contributed by atoms with Crippen molar-refractivity contribution in [2.45, 2.75) is 19.6 Å². The minimum Gasteiger partial charge on any atom is -0.493 e. The van der Waals surface area contributed by atoms with Crippen LogP contribution < -0.4 is 20.3 Å². The van der Waals surface area contributed by atoms with Crippen LogP contribution >= 0.6 is 0 Å². The van der Waals surface area contributed by atoms with E-state index in [1.54, 1.807) is 30.3 Å². The molecule has 29 heavy (non-hydrogen) atoms. The van der Waals surface area contributed by atoms with Gasteiger partial charge in [0.25, 0.3) is 5.56 Å². The lowest BCUT2D eigenvalue weighted by Gasteiger charge is -2.12. The molecule has 0 aliphatic heterocycles. The standard InChI is InChI=1S/C20H19F2N3O4/c1-28-16-7-6-13(10-17(16)29-20(21)22)8-9-23-18(26)12-25-15-5-3-2-4-14(15)24-11-19(25)27/h2-7,10-11,20H,8-9,12H2,1H3,(H,23,26). The number of ether oxygens (including phenoxy) is 2. The van der Waals surface area contributed by atoms with Crippen molar-refractivity contribution in [3.8, 4) is 11.5 Å². The first kappa shape index (κ1) is 20.2. The molecule has 0 unspecified atom stereocenters. The van der Waals surface area contributed by atoms with E-state index in [1.165, 1.54) is 30.0 Å². The average Bonchev–Trinajstić information content (AvgIpc) is 2.70. The van der Waals surface area contributed by atoms with Crippen LogP contribution in [0, 0.1) is 0 Å². The molecule has 9 heteroatoms. The highest BCUT2D eigenvalue weighted by molar-refractivity contribution is 5.79. The topological polar surface area (TPSA) is 82.5 Å². The number of carbonyl (C=O) groups excluding carboxylic acids is 1. The molecule has 0 spiro atoms. The normalized spacial score (nSPS) is 10.9. The third kappa shape index (κ3) is 5.07.